The second-order valence-electron chi connectivity index (χ2n) is 5.11. The van der Waals surface area contributed by atoms with Gasteiger partial charge in [-0.25, -0.2) is 4.79 Å². The van der Waals surface area contributed by atoms with Gasteiger partial charge in [0.2, 0.25) is 0 Å². The lowest BCUT2D eigenvalue weighted by Gasteiger charge is -2.31. The molecule has 0 aliphatic rings. The molecule has 0 fully saturated rings. The summed E-state index contributed by atoms with van der Waals surface area (Å²) in [6.45, 7) is 3.78. The summed E-state index contributed by atoms with van der Waals surface area (Å²) in [7, 11) is 3.99. The lowest BCUT2D eigenvalue weighted by molar-refractivity contribution is -0.137. The molecule has 0 aliphatic carbocycles. The van der Waals surface area contributed by atoms with E-state index in [1.165, 1.54) is 17.2 Å². The number of hydrogen-bond donors (Lipinski definition) is 0. The Morgan fingerprint density at radius 1 is 1.05 bits per heavy atom. The molecule has 0 bridgehead atoms. The normalized spacial score (nSPS) is 11.0. The van der Waals surface area contributed by atoms with Gasteiger partial charge in [0.05, 0.1) is 6.61 Å². The standard InChI is InChI=1S/C19H19O2Si/c1-2-18(20)21-15-9-14-19(22,16-10-5-3-6-11-16)17-12-7-4-8-13-17/h2-8,10-13H,1,9,14-15H2. The van der Waals surface area contributed by atoms with Gasteiger partial charge in [-0.1, -0.05) is 67.2 Å². The van der Waals surface area contributed by atoms with E-state index in [4.69, 9.17) is 4.74 Å². The van der Waals surface area contributed by atoms with Gasteiger partial charge in [-0.05, 0) is 24.0 Å². The smallest absolute Gasteiger partial charge is 0.330 e. The largest absolute Gasteiger partial charge is 0.463 e. The summed E-state index contributed by atoms with van der Waals surface area (Å²) in [5.41, 5.74) is 2.38. The average molecular weight is 307 g/mol. The van der Waals surface area contributed by atoms with Gasteiger partial charge in [0.1, 0.15) is 0 Å². The Bertz CT molecular complexity index is 568. The van der Waals surface area contributed by atoms with Gasteiger partial charge in [0, 0.05) is 21.4 Å². The van der Waals surface area contributed by atoms with Crippen LogP contribution in [0.2, 0.25) is 0 Å². The molecule has 0 saturated carbocycles. The molecule has 0 aromatic heterocycles. The van der Waals surface area contributed by atoms with Crippen LogP contribution in [0.25, 0.3) is 0 Å². The van der Waals surface area contributed by atoms with Gasteiger partial charge in [-0.3, -0.25) is 0 Å². The summed E-state index contributed by atoms with van der Waals surface area (Å²) in [5.74, 6) is -0.376. The van der Waals surface area contributed by atoms with Crippen molar-refractivity contribution in [2.24, 2.45) is 0 Å². The number of benzene rings is 2. The van der Waals surface area contributed by atoms with Gasteiger partial charge in [0.15, 0.2) is 0 Å². The Balaban J connectivity index is 2.16. The van der Waals surface area contributed by atoms with Crippen molar-refractivity contribution >= 4 is 16.2 Å². The lowest BCUT2D eigenvalue weighted by Crippen LogP contribution is -2.28. The first-order valence-electron chi connectivity index (χ1n) is 7.32. The van der Waals surface area contributed by atoms with E-state index in [0.29, 0.717) is 6.61 Å². The van der Waals surface area contributed by atoms with E-state index < -0.39 is 0 Å². The highest BCUT2D eigenvalue weighted by molar-refractivity contribution is 6.18. The second-order valence-corrected chi connectivity index (χ2v) is 5.97. The van der Waals surface area contributed by atoms with E-state index in [1.807, 2.05) is 36.4 Å². The molecule has 0 aliphatic heterocycles. The van der Waals surface area contributed by atoms with Crippen LogP contribution in [0.3, 0.4) is 0 Å². The van der Waals surface area contributed by atoms with Crippen LogP contribution in [0.15, 0.2) is 73.3 Å². The van der Waals surface area contributed by atoms with E-state index in [-0.39, 0.29) is 11.0 Å². The maximum absolute atomic E-state index is 11.1. The minimum absolute atomic E-state index is 0.289. The van der Waals surface area contributed by atoms with Crippen molar-refractivity contribution in [3.05, 3.63) is 84.4 Å². The lowest BCUT2D eigenvalue weighted by atomic mass is 9.86. The highest BCUT2D eigenvalue weighted by atomic mass is 28.1. The molecule has 2 nitrogen and oxygen atoms in total. The zero-order valence-electron chi connectivity index (χ0n) is 12.5. The van der Waals surface area contributed by atoms with E-state index in [9.17, 15) is 4.79 Å². The molecular formula is C19H19O2Si. The minimum atomic E-state index is -0.376. The summed E-state index contributed by atoms with van der Waals surface area (Å²) in [6.07, 6.45) is 2.77. The third kappa shape index (κ3) is 3.95. The summed E-state index contributed by atoms with van der Waals surface area (Å²) in [4.78, 5) is 11.1. The highest BCUT2D eigenvalue weighted by Gasteiger charge is 2.28. The molecule has 0 unspecified atom stereocenters. The summed E-state index contributed by atoms with van der Waals surface area (Å²) < 4.78 is 5.08. The minimum Gasteiger partial charge on any atom is -0.463 e. The molecule has 2 aromatic rings. The predicted octanol–water partition coefficient (Wildman–Crippen LogP) is 3.61. The first-order valence-corrected chi connectivity index (χ1v) is 7.82. The first-order chi connectivity index (χ1) is 10.7. The third-order valence-corrected chi connectivity index (χ3v) is 4.47. The molecular weight excluding hydrogens is 288 g/mol. The zero-order chi connectivity index (χ0) is 15.8. The van der Waals surface area contributed by atoms with E-state index in [2.05, 4.69) is 41.1 Å². The Morgan fingerprint density at radius 2 is 1.55 bits per heavy atom. The Labute approximate surface area is 135 Å². The van der Waals surface area contributed by atoms with E-state index in [1.54, 1.807) is 0 Å². The summed E-state index contributed by atoms with van der Waals surface area (Å²) >= 11 is 0. The van der Waals surface area contributed by atoms with Crippen LogP contribution in [-0.2, 0) is 14.6 Å². The molecule has 22 heavy (non-hydrogen) atoms. The van der Waals surface area contributed by atoms with Crippen LogP contribution in [0.4, 0.5) is 0 Å². The average Bonchev–Trinajstić information content (AvgIpc) is 2.59. The molecule has 111 valence electrons. The van der Waals surface area contributed by atoms with Crippen molar-refractivity contribution in [3.8, 4) is 0 Å². The Morgan fingerprint density at radius 3 is 2.00 bits per heavy atom. The fourth-order valence-corrected chi connectivity index (χ4v) is 2.98. The van der Waals surface area contributed by atoms with Crippen molar-refractivity contribution < 1.29 is 9.53 Å². The maximum atomic E-state index is 11.1. The van der Waals surface area contributed by atoms with Gasteiger partial charge in [0.25, 0.3) is 0 Å². The molecule has 0 saturated heterocycles. The van der Waals surface area contributed by atoms with Crippen molar-refractivity contribution in [3.63, 3.8) is 0 Å². The van der Waals surface area contributed by atoms with Gasteiger partial charge < -0.3 is 4.74 Å². The molecule has 0 heterocycles. The first kappa shape index (κ1) is 16.2. The van der Waals surface area contributed by atoms with Crippen LogP contribution >= 0.6 is 0 Å². The van der Waals surface area contributed by atoms with E-state index in [0.717, 1.165) is 12.8 Å². The monoisotopic (exact) mass is 307 g/mol. The summed E-state index contributed by atoms with van der Waals surface area (Å²) in [5, 5.41) is -0.289. The van der Waals surface area contributed by atoms with Crippen LogP contribution in [0.5, 0.6) is 0 Å². The molecule has 0 N–H and O–H groups in total. The fraction of sp³-hybridized carbons (Fsp3) is 0.211. The number of hydrogen-bond acceptors (Lipinski definition) is 2. The predicted molar refractivity (Wildman–Crippen MR) is 89.8 cm³/mol. The van der Waals surface area contributed by atoms with E-state index >= 15 is 0 Å². The van der Waals surface area contributed by atoms with Crippen molar-refractivity contribution in [2.45, 2.75) is 17.9 Å². The van der Waals surface area contributed by atoms with Gasteiger partial charge in [-0.2, -0.15) is 0 Å². The number of carbonyl (C=O) groups is 1. The van der Waals surface area contributed by atoms with Gasteiger partial charge >= 0.3 is 5.97 Å². The summed E-state index contributed by atoms with van der Waals surface area (Å²) in [6, 6.07) is 20.6. The quantitative estimate of drug-likeness (QED) is 0.338. The van der Waals surface area contributed by atoms with Crippen LogP contribution in [-0.4, -0.2) is 22.8 Å². The van der Waals surface area contributed by atoms with Crippen LogP contribution in [0, 0.1) is 0 Å². The Kier molecular flexibility index (Phi) is 5.73. The molecule has 0 atom stereocenters. The second kappa shape index (κ2) is 7.76. The molecule has 0 amide bonds. The third-order valence-electron chi connectivity index (χ3n) is 3.64. The maximum Gasteiger partial charge on any atom is 0.330 e. The number of carbonyl (C=O) groups excluding carboxylic acids is 1. The van der Waals surface area contributed by atoms with Crippen LogP contribution < -0.4 is 0 Å². The number of esters is 1. The molecule has 3 heteroatoms. The van der Waals surface area contributed by atoms with Crippen molar-refractivity contribution in [2.75, 3.05) is 6.61 Å². The molecule has 2 aromatic carbocycles. The Hall–Kier alpha value is -2.13. The van der Waals surface area contributed by atoms with Crippen molar-refractivity contribution in [1.82, 2.24) is 0 Å². The molecule has 2 rings (SSSR count). The topological polar surface area (TPSA) is 26.3 Å². The highest BCUT2D eigenvalue weighted by Crippen LogP contribution is 2.33. The molecule has 0 spiro atoms. The number of rotatable bonds is 7. The number of ether oxygens (including phenoxy) is 1. The SMILES string of the molecule is C=CC(=O)OCCCC([Si])(c1ccccc1)c1ccccc1. The van der Waals surface area contributed by atoms with Crippen LogP contribution in [0.1, 0.15) is 24.0 Å². The zero-order valence-corrected chi connectivity index (χ0v) is 13.5. The fourth-order valence-electron chi connectivity index (χ4n) is 2.47. The van der Waals surface area contributed by atoms with Gasteiger partial charge in [-0.15, -0.1) is 0 Å². The van der Waals surface area contributed by atoms with Crippen molar-refractivity contribution in [1.29, 1.82) is 0 Å². The molecule has 3 radical (unpaired) electrons.